The van der Waals surface area contributed by atoms with E-state index in [-0.39, 0.29) is 0 Å². The highest BCUT2D eigenvalue weighted by Crippen LogP contribution is 2.07. The fourth-order valence-corrected chi connectivity index (χ4v) is 1.36. The van der Waals surface area contributed by atoms with Gasteiger partial charge < -0.3 is 15.7 Å². The van der Waals surface area contributed by atoms with Gasteiger partial charge in [0.1, 0.15) is 0 Å². The van der Waals surface area contributed by atoms with Crippen molar-refractivity contribution < 1.29 is 9.90 Å². The fraction of sp³-hybridized carbons (Fsp3) is 0.857. The molecule has 0 aromatic rings. The van der Waals surface area contributed by atoms with E-state index in [1.807, 2.05) is 0 Å². The number of hydrogen-bond acceptors (Lipinski definition) is 2. The van der Waals surface area contributed by atoms with Gasteiger partial charge in [-0.1, -0.05) is 0 Å². The first-order chi connectivity index (χ1) is 5.29. The Morgan fingerprint density at radius 1 is 1.73 bits per heavy atom. The van der Waals surface area contributed by atoms with Crippen molar-refractivity contribution >= 4 is 6.09 Å². The number of nitrogens with one attached hydrogen (secondary N) is 2. The van der Waals surface area contributed by atoms with Gasteiger partial charge in [-0.15, -0.1) is 0 Å². The third-order valence-corrected chi connectivity index (χ3v) is 1.93. The Balaban J connectivity index is 1.98. The molecule has 1 aliphatic rings. The minimum absolute atomic E-state index is 0.529. The molecule has 1 saturated heterocycles. The topological polar surface area (TPSA) is 61.4 Å². The number of hydrogen-bond donors (Lipinski definition) is 3. The monoisotopic (exact) mass is 158 g/mol. The number of rotatable bonds is 3. The standard InChI is InChI=1S/C7H14N2O2/c10-7(11)9-5-3-6-2-1-4-8-6/h6,8-9H,1-5H2,(H,10,11). The zero-order valence-corrected chi connectivity index (χ0v) is 6.47. The van der Waals surface area contributed by atoms with Crippen LogP contribution >= 0.6 is 0 Å². The van der Waals surface area contributed by atoms with E-state index in [2.05, 4.69) is 10.6 Å². The van der Waals surface area contributed by atoms with Gasteiger partial charge in [-0.25, -0.2) is 4.79 Å². The van der Waals surface area contributed by atoms with E-state index in [9.17, 15) is 4.79 Å². The second kappa shape index (κ2) is 4.18. The summed E-state index contributed by atoms with van der Waals surface area (Å²) in [6.07, 6.45) is 2.38. The van der Waals surface area contributed by atoms with Gasteiger partial charge in [-0.3, -0.25) is 0 Å². The maximum Gasteiger partial charge on any atom is 0.404 e. The van der Waals surface area contributed by atoms with Gasteiger partial charge in [0.2, 0.25) is 0 Å². The van der Waals surface area contributed by atoms with Crippen LogP contribution < -0.4 is 10.6 Å². The normalized spacial score (nSPS) is 23.5. The number of amides is 1. The average Bonchev–Trinajstić information content (AvgIpc) is 2.39. The third-order valence-electron chi connectivity index (χ3n) is 1.93. The lowest BCUT2D eigenvalue weighted by atomic mass is 10.2. The van der Waals surface area contributed by atoms with Crippen LogP contribution in [0.5, 0.6) is 0 Å². The fourth-order valence-electron chi connectivity index (χ4n) is 1.36. The highest BCUT2D eigenvalue weighted by atomic mass is 16.4. The largest absolute Gasteiger partial charge is 0.465 e. The summed E-state index contributed by atoms with van der Waals surface area (Å²) < 4.78 is 0. The van der Waals surface area contributed by atoms with Gasteiger partial charge in [0.25, 0.3) is 0 Å². The highest BCUT2D eigenvalue weighted by Gasteiger charge is 2.12. The van der Waals surface area contributed by atoms with E-state index in [0.717, 1.165) is 13.0 Å². The Bertz CT molecular complexity index is 132. The van der Waals surface area contributed by atoms with E-state index >= 15 is 0 Å². The van der Waals surface area contributed by atoms with Gasteiger partial charge in [0, 0.05) is 12.6 Å². The number of carboxylic acid groups (broad SMARTS) is 1. The molecular weight excluding hydrogens is 144 g/mol. The predicted molar refractivity (Wildman–Crippen MR) is 41.7 cm³/mol. The van der Waals surface area contributed by atoms with Crippen molar-refractivity contribution in [2.45, 2.75) is 25.3 Å². The summed E-state index contributed by atoms with van der Waals surface area (Å²) in [5.74, 6) is 0. The molecule has 0 aromatic heterocycles. The van der Waals surface area contributed by atoms with Gasteiger partial charge in [-0.2, -0.15) is 0 Å². The lowest BCUT2D eigenvalue weighted by Crippen LogP contribution is -2.29. The van der Waals surface area contributed by atoms with E-state index in [1.165, 1.54) is 12.8 Å². The maximum atomic E-state index is 10.0. The zero-order valence-electron chi connectivity index (χ0n) is 6.47. The summed E-state index contributed by atoms with van der Waals surface area (Å²) in [6.45, 7) is 1.64. The second-order valence-corrected chi connectivity index (χ2v) is 2.81. The Labute approximate surface area is 66.0 Å². The lowest BCUT2D eigenvalue weighted by molar-refractivity contribution is 0.194. The molecule has 3 N–H and O–H groups in total. The summed E-state index contributed by atoms with van der Waals surface area (Å²) in [5, 5.41) is 13.9. The molecule has 0 saturated carbocycles. The first-order valence-electron chi connectivity index (χ1n) is 3.99. The van der Waals surface area contributed by atoms with Crippen LogP contribution in [0.4, 0.5) is 4.79 Å². The second-order valence-electron chi connectivity index (χ2n) is 2.81. The molecule has 1 heterocycles. The smallest absolute Gasteiger partial charge is 0.404 e. The van der Waals surface area contributed by atoms with E-state index in [4.69, 9.17) is 5.11 Å². The van der Waals surface area contributed by atoms with Crippen molar-refractivity contribution in [2.24, 2.45) is 0 Å². The molecular formula is C7H14N2O2. The van der Waals surface area contributed by atoms with Crippen LogP contribution in [0.15, 0.2) is 0 Å². The summed E-state index contributed by atoms with van der Waals surface area (Å²) in [7, 11) is 0. The summed E-state index contributed by atoms with van der Waals surface area (Å²) >= 11 is 0. The van der Waals surface area contributed by atoms with Gasteiger partial charge in [-0.05, 0) is 25.8 Å². The molecule has 0 radical (unpaired) electrons. The van der Waals surface area contributed by atoms with Gasteiger partial charge >= 0.3 is 6.09 Å². The zero-order chi connectivity index (χ0) is 8.10. The molecule has 1 aliphatic heterocycles. The highest BCUT2D eigenvalue weighted by molar-refractivity contribution is 5.64. The molecule has 1 amide bonds. The quantitative estimate of drug-likeness (QED) is 0.557. The van der Waals surface area contributed by atoms with Crippen molar-refractivity contribution in [3.05, 3.63) is 0 Å². The molecule has 4 heteroatoms. The first kappa shape index (κ1) is 8.33. The third kappa shape index (κ3) is 3.23. The van der Waals surface area contributed by atoms with Crippen LogP contribution in [-0.4, -0.2) is 30.3 Å². The Morgan fingerprint density at radius 2 is 2.55 bits per heavy atom. The molecule has 1 atom stereocenters. The summed E-state index contributed by atoms with van der Waals surface area (Å²) in [5.41, 5.74) is 0. The summed E-state index contributed by atoms with van der Waals surface area (Å²) in [6, 6.07) is 0.529. The molecule has 1 fully saturated rings. The van der Waals surface area contributed by atoms with Gasteiger partial charge in [0.05, 0.1) is 0 Å². The number of carbonyl (C=O) groups is 1. The Hall–Kier alpha value is -0.770. The SMILES string of the molecule is O=C(O)NCCC1CCCN1. The molecule has 0 spiro atoms. The van der Waals surface area contributed by atoms with Crippen molar-refractivity contribution in [2.75, 3.05) is 13.1 Å². The molecule has 4 nitrogen and oxygen atoms in total. The van der Waals surface area contributed by atoms with E-state index in [0.29, 0.717) is 12.6 Å². The Kier molecular flexibility index (Phi) is 3.16. The van der Waals surface area contributed by atoms with Crippen LogP contribution in [0.1, 0.15) is 19.3 Å². The predicted octanol–water partition coefficient (Wildman–Crippen LogP) is 0.396. The van der Waals surface area contributed by atoms with Crippen molar-refractivity contribution in [3.63, 3.8) is 0 Å². The molecule has 0 aromatic carbocycles. The van der Waals surface area contributed by atoms with Crippen LogP contribution in [0.2, 0.25) is 0 Å². The lowest BCUT2D eigenvalue weighted by Gasteiger charge is -2.08. The summed E-state index contributed by atoms with van der Waals surface area (Å²) in [4.78, 5) is 10.0. The first-order valence-corrected chi connectivity index (χ1v) is 3.99. The molecule has 1 rings (SSSR count). The van der Waals surface area contributed by atoms with Crippen LogP contribution in [0, 0.1) is 0 Å². The van der Waals surface area contributed by atoms with E-state index in [1.54, 1.807) is 0 Å². The molecule has 1 unspecified atom stereocenters. The van der Waals surface area contributed by atoms with Crippen molar-refractivity contribution in [3.8, 4) is 0 Å². The minimum Gasteiger partial charge on any atom is -0.465 e. The molecule has 0 bridgehead atoms. The Morgan fingerprint density at radius 3 is 3.09 bits per heavy atom. The average molecular weight is 158 g/mol. The molecule has 64 valence electrons. The van der Waals surface area contributed by atoms with Gasteiger partial charge in [0.15, 0.2) is 0 Å². The minimum atomic E-state index is -0.928. The van der Waals surface area contributed by atoms with Crippen LogP contribution in [0.25, 0.3) is 0 Å². The van der Waals surface area contributed by atoms with E-state index < -0.39 is 6.09 Å². The van der Waals surface area contributed by atoms with Crippen molar-refractivity contribution in [1.29, 1.82) is 0 Å². The maximum absolute atomic E-state index is 10.0. The molecule has 0 aliphatic carbocycles. The van der Waals surface area contributed by atoms with Crippen molar-refractivity contribution in [1.82, 2.24) is 10.6 Å². The van der Waals surface area contributed by atoms with Crippen LogP contribution in [-0.2, 0) is 0 Å². The van der Waals surface area contributed by atoms with Crippen LogP contribution in [0.3, 0.4) is 0 Å². The molecule has 11 heavy (non-hydrogen) atoms.